The minimum absolute atomic E-state index is 0.0666. The fourth-order valence-electron chi connectivity index (χ4n) is 5.76. The number of ether oxygens (including phenoxy) is 1. The Morgan fingerprint density at radius 3 is 2.50 bits per heavy atom. The third-order valence-electron chi connectivity index (χ3n) is 8.31. The summed E-state index contributed by atoms with van der Waals surface area (Å²) in [5, 5.41) is 2.96. The molecule has 3 aliphatic rings. The summed E-state index contributed by atoms with van der Waals surface area (Å²) in [6.45, 7) is 13.3. The van der Waals surface area contributed by atoms with Crippen molar-refractivity contribution in [1.82, 2.24) is 20.2 Å². The normalized spacial score (nSPS) is 30.6. The van der Waals surface area contributed by atoms with Crippen molar-refractivity contribution in [2.75, 3.05) is 38.2 Å². The summed E-state index contributed by atoms with van der Waals surface area (Å²) < 4.78 is 5.51. The molecule has 1 aromatic heterocycles. The molecule has 1 unspecified atom stereocenters. The highest BCUT2D eigenvalue weighted by atomic mass is 16.5. The lowest BCUT2D eigenvalue weighted by Gasteiger charge is -2.42. The Morgan fingerprint density at radius 1 is 1.15 bits per heavy atom. The van der Waals surface area contributed by atoms with E-state index in [0.717, 1.165) is 69.3 Å². The highest BCUT2D eigenvalue weighted by Gasteiger charge is 2.34. The topological polar surface area (TPSA) is 70.6 Å². The van der Waals surface area contributed by atoms with Gasteiger partial charge in [-0.2, -0.15) is 0 Å². The zero-order valence-electron chi connectivity index (χ0n) is 21.9. The van der Waals surface area contributed by atoms with Crippen molar-refractivity contribution in [1.29, 1.82) is 0 Å². The van der Waals surface area contributed by atoms with Crippen molar-refractivity contribution in [3.05, 3.63) is 17.6 Å². The van der Waals surface area contributed by atoms with E-state index >= 15 is 0 Å². The summed E-state index contributed by atoms with van der Waals surface area (Å²) in [7, 11) is 1.81. The fraction of sp³-hybridized carbons (Fsp3) is 0.815. The summed E-state index contributed by atoms with van der Waals surface area (Å²) in [4.78, 5) is 25.9. The summed E-state index contributed by atoms with van der Waals surface area (Å²) in [5.41, 5.74) is 1.13. The van der Waals surface area contributed by atoms with Crippen LogP contribution >= 0.6 is 0 Å². The second-order valence-electron chi connectivity index (χ2n) is 11.9. The number of carbonyl (C=O) groups is 1. The molecule has 1 amide bonds. The lowest BCUT2D eigenvalue weighted by atomic mass is 9.79. The Balaban J connectivity index is 1.34. The zero-order valence-corrected chi connectivity index (χ0v) is 21.9. The molecule has 7 nitrogen and oxygen atoms in total. The van der Waals surface area contributed by atoms with Crippen LogP contribution in [0.25, 0.3) is 0 Å². The molecule has 1 saturated heterocycles. The van der Waals surface area contributed by atoms with Crippen molar-refractivity contribution in [2.24, 2.45) is 5.92 Å². The second-order valence-corrected chi connectivity index (χ2v) is 11.9. The van der Waals surface area contributed by atoms with E-state index in [2.05, 4.69) is 48.9 Å². The number of nitrogens with one attached hydrogen (secondary N) is 1. The molecule has 0 spiro atoms. The molecule has 1 aromatic rings. The molecule has 1 atom stereocenters. The van der Waals surface area contributed by atoms with Gasteiger partial charge in [-0.25, -0.2) is 9.97 Å². The van der Waals surface area contributed by atoms with Gasteiger partial charge in [0, 0.05) is 61.9 Å². The zero-order chi connectivity index (χ0) is 24.3. The van der Waals surface area contributed by atoms with Crippen LogP contribution in [0.5, 0.6) is 0 Å². The molecule has 7 heteroatoms. The van der Waals surface area contributed by atoms with Gasteiger partial charge in [-0.15, -0.1) is 0 Å². The first kappa shape index (κ1) is 25.4. The summed E-state index contributed by atoms with van der Waals surface area (Å²) in [6, 6.07) is 3.16. The summed E-state index contributed by atoms with van der Waals surface area (Å²) in [5.74, 6) is 3.34. The maximum atomic E-state index is 10.7. The third-order valence-corrected chi connectivity index (χ3v) is 8.31. The highest BCUT2D eigenvalue weighted by Crippen LogP contribution is 2.39. The lowest BCUT2D eigenvalue weighted by molar-refractivity contribution is -0.110. The lowest BCUT2D eigenvalue weighted by Crippen LogP contribution is -2.52. The van der Waals surface area contributed by atoms with Crippen LogP contribution in [0.4, 0.5) is 5.82 Å². The Kier molecular flexibility index (Phi) is 8.13. The third kappa shape index (κ3) is 6.09. The van der Waals surface area contributed by atoms with Gasteiger partial charge in [-0.05, 0) is 64.3 Å². The molecule has 0 bridgehead atoms. The largest absolute Gasteiger partial charge is 0.381 e. The average Bonchev–Trinajstić information content (AvgIpc) is 2.78. The standard InChI is InChI=1S/C27H45N5O2/c1-19-17-32(13-12-31(19)11-10-20-6-8-22(9-7-20)28-18-33)25-16-24(21-14-23(15-21)34-5)29-26(30-25)27(2,3)4/h16,18-23H,6-15,17H2,1-5H3,(H,28,33). The maximum Gasteiger partial charge on any atom is 0.207 e. The molecule has 34 heavy (non-hydrogen) atoms. The fourth-order valence-corrected chi connectivity index (χ4v) is 5.76. The van der Waals surface area contributed by atoms with E-state index in [1.54, 1.807) is 0 Å². The van der Waals surface area contributed by atoms with E-state index in [0.29, 0.717) is 24.1 Å². The molecule has 1 N–H and O–H groups in total. The van der Waals surface area contributed by atoms with E-state index in [-0.39, 0.29) is 5.41 Å². The molecule has 4 rings (SSSR count). The molecular weight excluding hydrogens is 426 g/mol. The molecule has 2 aliphatic carbocycles. The van der Waals surface area contributed by atoms with Gasteiger partial charge in [0.1, 0.15) is 11.6 Å². The quantitative estimate of drug-likeness (QED) is 0.581. The molecular formula is C27H45N5O2. The van der Waals surface area contributed by atoms with Crippen molar-refractivity contribution >= 4 is 12.2 Å². The molecule has 2 heterocycles. The Hall–Kier alpha value is -1.73. The molecule has 3 fully saturated rings. The average molecular weight is 472 g/mol. The van der Waals surface area contributed by atoms with Gasteiger partial charge in [-0.3, -0.25) is 9.69 Å². The Labute approximate surface area is 206 Å². The Bertz CT molecular complexity index is 812. The van der Waals surface area contributed by atoms with E-state index in [4.69, 9.17) is 14.7 Å². The second kappa shape index (κ2) is 10.9. The molecule has 2 saturated carbocycles. The number of methoxy groups -OCH3 is 1. The number of nitrogens with zero attached hydrogens (tertiary/aromatic N) is 4. The first-order valence-electron chi connectivity index (χ1n) is 13.4. The van der Waals surface area contributed by atoms with Crippen LogP contribution in [0, 0.1) is 5.92 Å². The number of aromatic nitrogens is 2. The van der Waals surface area contributed by atoms with Gasteiger partial charge in [0.15, 0.2) is 0 Å². The van der Waals surface area contributed by atoms with E-state index in [9.17, 15) is 4.79 Å². The number of hydrogen-bond acceptors (Lipinski definition) is 6. The van der Waals surface area contributed by atoms with Gasteiger partial charge in [0.05, 0.1) is 6.10 Å². The van der Waals surface area contributed by atoms with E-state index in [1.165, 1.54) is 31.5 Å². The van der Waals surface area contributed by atoms with Gasteiger partial charge in [0.25, 0.3) is 0 Å². The minimum Gasteiger partial charge on any atom is -0.381 e. The molecule has 0 aromatic carbocycles. The molecule has 1 aliphatic heterocycles. The van der Waals surface area contributed by atoms with Gasteiger partial charge >= 0.3 is 0 Å². The first-order chi connectivity index (χ1) is 16.3. The van der Waals surface area contributed by atoms with Crippen molar-refractivity contribution in [3.8, 4) is 0 Å². The number of anilines is 1. The van der Waals surface area contributed by atoms with E-state index < -0.39 is 0 Å². The maximum absolute atomic E-state index is 10.7. The Morgan fingerprint density at radius 2 is 1.88 bits per heavy atom. The van der Waals surface area contributed by atoms with Crippen molar-refractivity contribution in [2.45, 2.75) is 102 Å². The van der Waals surface area contributed by atoms with Gasteiger partial charge < -0.3 is 15.0 Å². The van der Waals surface area contributed by atoms with Crippen LogP contribution in [-0.2, 0) is 14.9 Å². The van der Waals surface area contributed by atoms with Crippen LogP contribution < -0.4 is 10.2 Å². The van der Waals surface area contributed by atoms with Crippen LogP contribution in [0.2, 0.25) is 0 Å². The number of amides is 1. The summed E-state index contributed by atoms with van der Waals surface area (Å²) in [6.07, 6.45) is 9.37. The van der Waals surface area contributed by atoms with Gasteiger partial charge in [0.2, 0.25) is 6.41 Å². The van der Waals surface area contributed by atoms with E-state index in [1.807, 2.05) is 7.11 Å². The van der Waals surface area contributed by atoms with Crippen LogP contribution in [0.1, 0.15) is 90.1 Å². The minimum atomic E-state index is -0.0666. The van der Waals surface area contributed by atoms with Crippen LogP contribution in [-0.4, -0.2) is 72.8 Å². The van der Waals surface area contributed by atoms with Crippen LogP contribution in [0.3, 0.4) is 0 Å². The smallest absolute Gasteiger partial charge is 0.207 e. The van der Waals surface area contributed by atoms with Crippen molar-refractivity contribution in [3.63, 3.8) is 0 Å². The highest BCUT2D eigenvalue weighted by molar-refractivity contribution is 5.46. The van der Waals surface area contributed by atoms with Crippen LogP contribution in [0.15, 0.2) is 6.07 Å². The predicted molar refractivity (Wildman–Crippen MR) is 136 cm³/mol. The molecule has 190 valence electrons. The molecule has 0 radical (unpaired) electrons. The number of piperazine rings is 1. The monoisotopic (exact) mass is 471 g/mol. The summed E-state index contributed by atoms with van der Waals surface area (Å²) >= 11 is 0. The van der Waals surface area contributed by atoms with Crippen molar-refractivity contribution < 1.29 is 9.53 Å². The predicted octanol–water partition coefficient (Wildman–Crippen LogP) is 3.87. The SMILES string of the molecule is COC1CC(c2cc(N3CCN(CCC4CCC(NC=O)CC4)C(C)C3)nc(C(C)(C)C)n2)C1. The van der Waals surface area contributed by atoms with Gasteiger partial charge in [-0.1, -0.05) is 20.8 Å². The number of rotatable bonds is 8. The number of carbonyl (C=O) groups excluding carboxylic acids is 1. The first-order valence-corrected chi connectivity index (χ1v) is 13.4. The number of hydrogen-bond donors (Lipinski definition) is 1.